The van der Waals surface area contributed by atoms with Crippen molar-refractivity contribution in [3.8, 4) is 0 Å². The lowest BCUT2D eigenvalue weighted by Crippen LogP contribution is -2.33. The Morgan fingerprint density at radius 2 is 1.93 bits per heavy atom. The molecule has 5 heterocycles. The summed E-state index contributed by atoms with van der Waals surface area (Å²) in [6.07, 6.45) is -0.124. The van der Waals surface area contributed by atoms with E-state index in [1.165, 1.54) is 11.0 Å². The van der Waals surface area contributed by atoms with E-state index in [1.54, 1.807) is 13.8 Å². The van der Waals surface area contributed by atoms with Crippen molar-refractivity contribution in [1.82, 2.24) is 30.2 Å². The molecular formula is C27H27Cl2F3N8O2. The Morgan fingerprint density at radius 1 is 1.21 bits per heavy atom. The molecule has 0 spiro atoms. The monoisotopic (exact) mass is 622 g/mol. The number of carbonyl (C=O) groups is 2. The lowest BCUT2D eigenvalue weighted by atomic mass is 10.1. The van der Waals surface area contributed by atoms with Crippen LogP contribution in [0.3, 0.4) is 0 Å². The molecule has 3 aromatic rings. The quantitative estimate of drug-likeness (QED) is 0.258. The van der Waals surface area contributed by atoms with Crippen molar-refractivity contribution in [1.29, 1.82) is 0 Å². The summed E-state index contributed by atoms with van der Waals surface area (Å²) in [5.41, 5.74) is 7.26. The highest BCUT2D eigenvalue weighted by Crippen LogP contribution is 2.42. The van der Waals surface area contributed by atoms with Crippen molar-refractivity contribution in [2.45, 2.75) is 39.4 Å². The van der Waals surface area contributed by atoms with Gasteiger partial charge in [-0.2, -0.15) is 18.2 Å². The van der Waals surface area contributed by atoms with Gasteiger partial charge in [0, 0.05) is 30.7 Å². The van der Waals surface area contributed by atoms with Gasteiger partial charge in [-0.15, -0.1) is 0 Å². The van der Waals surface area contributed by atoms with Crippen molar-refractivity contribution in [2.75, 3.05) is 36.8 Å². The van der Waals surface area contributed by atoms with Gasteiger partial charge in [0.05, 0.1) is 39.5 Å². The van der Waals surface area contributed by atoms with Crippen LogP contribution in [0.2, 0.25) is 10.2 Å². The number of amides is 2. The van der Waals surface area contributed by atoms with E-state index in [1.807, 2.05) is 0 Å². The van der Waals surface area contributed by atoms with Crippen molar-refractivity contribution in [3.05, 3.63) is 61.8 Å². The maximum absolute atomic E-state index is 13.7. The van der Waals surface area contributed by atoms with Crippen molar-refractivity contribution in [3.63, 3.8) is 0 Å². The number of halogens is 5. The average Bonchev–Trinajstić information content (AvgIpc) is 3.58. The smallest absolute Gasteiger partial charge is 0.368 e. The minimum Gasteiger partial charge on any atom is -0.368 e. The topological polar surface area (TPSA) is 133 Å². The van der Waals surface area contributed by atoms with Crippen LogP contribution in [-0.4, -0.2) is 62.8 Å². The molecule has 3 aromatic heterocycles. The van der Waals surface area contributed by atoms with Crippen LogP contribution in [0.25, 0.3) is 11.6 Å². The molecule has 0 radical (unpaired) electrons. The number of nitrogen functional groups attached to an aromatic ring is 1. The molecule has 2 amide bonds. The number of alkyl halides is 3. The summed E-state index contributed by atoms with van der Waals surface area (Å²) in [6.45, 7) is 6.55. The van der Waals surface area contributed by atoms with Crippen LogP contribution in [0.4, 0.5) is 24.9 Å². The molecule has 42 heavy (non-hydrogen) atoms. The SMILES string of the molecule is Cc1[nH]c(/C=C2\C(=O)N(Cc3ncc(C(F)(F)F)cc3Cl)c3nc(N)nc(Cl)c32)c(C)c1C(=O)NCCN1CCCC1. The number of pyridine rings is 1. The number of likely N-dealkylation sites (tertiary alicyclic amines) is 1. The summed E-state index contributed by atoms with van der Waals surface area (Å²) in [5.74, 6) is -0.957. The van der Waals surface area contributed by atoms with Gasteiger partial charge in [0.25, 0.3) is 11.8 Å². The number of aromatic nitrogens is 4. The number of hydrogen-bond donors (Lipinski definition) is 3. The molecule has 0 bridgehead atoms. The van der Waals surface area contributed by atoms with Crippen LogP contribution >= 0.6 is 23.2 Å². The summed E-state index contributed by atoms with van der Waals surface area (Å²) < 4.78 is 39.3. The summed E-state index contributed by atoms with van der Waals surface area (Å²) in [7, 11) is 0. The van der Waals surface area contributed by atoms with Gasteiger partial charge < -0.3 is 20.9 Å². The Balaban J connectivity index is 1.45. The number of nitrogens with two attached hydrogens (primary N) is 1. The van der Waals surface area contributed by atoms with Crippen LogP contribution < -0.4 is 16.0 Å². The van der Waals surface area contributed by atoms with E-state index < -0.39 is 17.6 Å². The number of hydrogen-bond acceptors (Lipinski definition) is 7. The first kappa shape index (κ1) is 29.8. The third-order valence-electron chi connectivity index (χ3n) is 7.32. The fourth-order valence-corrected chi connectivity index (χ4v) is 5.71. The van der Waals surface area contributed by atoms with E-state index >= 15 is 0 Å². The Labute approximate surface area is 249 Å². The second kappa shape index (κ2) is 11.5. The molecule has 1 fully saturated rings. The zero-order valence-corrected chi connectivity index (χ0v) is 24.2. The zero-order chi connectivity index (χ0) is 30.3. The van der Waals surface area contributed by atoms with Gasteiger partial charge in [-0.1, -0.05) is 23.2 Å². The zero-order valence-electron chi connectivity index (χ0n) is 22.7. The molecule has 5 rings (SSSR count). The second-order valence-corrected chi connectivity index (χ2v) is 10.9. The van der Waals surface area contributed by atoms with Gasteiger partial charge in [0.15, 0.2) is 5.82 Å². The second-order valence-electron chi connectivity index (χ2n) is 10.1. The summed E-state index contributed by atoms with van der Waals surface area (Å²) in [5, 5.41) is 2.60. The normalized spacial score (nSPS) is 16.5. The van der Waals surface area contributed by atoms with E-state index in [-0.39, 0.29) is 51.2 Å². The van der Waals surface area contributed by atoms with E-state index in [0.29, 0.717) is 35.3 Å². The van der Waals surface area contributed by atoms with Gasteiger partial charge in [-0.3, -0.25) is 19.5 Å². The minimum absolute atomic E-state index is 0.0123. The first-order valence-corrected chi connectivity index (χ1v) is 13.9. The van der Waals surface area contributed by atoms with Crippen molar-refractivity contribution >= 4 is 58.4 Å². The molecule has 2 aliphatic rings. The number of aromatic amines is 1. The van der Waals surface area contributed by atoms with Gasteiger partial charge in [0.1, 0.15) is 5.15 Å². The lowest BCUT2D eigenvalue weighted by Gasteiger charge is -2.17. The number of nitrogens with zero attached hydrogens (tertiary/aromatic N) is 5. The minimum atomic E-state index is -4.63. The number of H-pyrrole nitrogens is 1. The highest BCUT2D eigenvalue weighted by atomic mass is 35.5. The predicted octanol–water partition coefficient (Wildman–Crippen LogP) is 4.64. The highest BCUT2D eigenvalue weighted by molar-refractivity contribution is 6.41. The van der Waals surface area contributed by atoms with Crippen LogP contribution in [0, 0.1) is 13.8 Å². The van der Waals surface area contributed by atoms with Crippen LogP contribution in [-0.2, 0) is 17.5 Å². The molecule has 0 saturated carbocycles. The Bertz CT molecular complexity index is 1600. The maximum atomic E-state index is 13.7. The molecule has 4 N–H and O–H groups in total. The molecule has 1 saturated heterocycles. The van der Waals surface area contributed by atoms with Crippen LogP contribution in [0.15, 0.2) is 12.3 Å². The van der Waals surface area contributed by atoms with Gasteiger partial charge >= 0.3 is 6.18 Å². The lowest BCUT2D eigenvalue weighted by molar-refractivity contribution is -0.137. The molecule has 15 heteroatoms. The Hall–Kier alpha value is -3.68. The van der Waals surface area contributed by atoms with Gasteiger partial charge in [-0.05, 0) is 57.5 Å². The fraction of sp³-hybridized carbons (Fsp3) is 0.370. The summed E-state index contributed by atoms with van der Waals surface area (Å²) in [6, 6.07) is 0.742. The first-order chi connectivity index (χ1) is 19.8. The van der Waals surface area contributed by atoms with Gasteiger partial charge in [-0.25, -0.2) is 4.98 Å². The number of carbonyl (C=O) groups excluding carboxylic acids is 2. The predicted molar refractivity (Wildman–Crippen MR) is 153 cm³/mol. The number of fused-ring (bicyclic) bond motifs is 1. The van der Waals surface area contributed by atoms with Crippen molar-refractivity contribution < 1.29 is 22.8 Å². The third kappa shape index (κ3) is 5.81. The van der Waals surface area contributed by atoms with Crippen LogP contribution in [0.1, 0.15) is 57.0 Å². The molecule has 0 aromatic carbocycles. The third-order valence-corrected chi connectivity index (χ3v) is 7.92. The number of aryl methyl sites for hydroxylation is 1. The number of rotatable bonds is 7. The molecule has 2 aliphatic heterocycles. The number of anilines is 2. The molecular weight excluding hydrogens is 596 g/mol. The first-order valence-electron chi connectivity index (χ1n) is 13.1. The highest BCUT2D eigenvalue weighted by Gasteiger charge is 2.38. The summed E-state index contributed by atoms with van der Waals surface area (Å²) in [4.78, 5) is 45.4. The Morgan fingerprint density at radius 3 is 2.60 bits per heavy atom. The van der Waals surface area contributed by atoms with E-state index in [0.717, 1.165) is 38.5 Å². The largest absolute Gasteiger partial charge is 0.417 e. The van der Waals surface area contributed by atoms with Crippen molar-refractivity contribution in [2.24, 2.45) is 0 Å². The van der Waals surface area contributed by atoms with E-state index in [9.17, 15) is 22.8 Å². The molecule has 222 valence electrons. The molecule has 0 unspecified atom stereocenters. The van der Waals surface area contributed by atoms with Gasteiger partial charge in [0.2, 0.25) is 5.95 Å². The maximum Gasteiger partial charge on any atom is 0.417 e. The van der Waals surface area contributed by atoms with E-state index in [2.05, 4.69) is 30.2 Å². The molecule has 0 aliphatic carbocycles. The average molecular weight is 623 g/mol. The standard InChI is InChI=1S/C27H27Cl2F3N8O2/c1-13-18(36-14(2)20(13)24(41)34-5-8-39-6-3-4-7-39)10-16-21-22(29)37-26(33)38-23(21)40(25(16)42)12-19-17(28)9-15(11-35-19)27(30,31)32/h9-11,36H,3-8,12H2,1-2H3,(H,34,41)(H2,33,37,38)/b16-10-. The number of nitrogens with one attached hydrogen (secondary N) is 2. The van der Waals surface area contributed by atoms with E-state index in [4.69, 9.17) is 28.9 Å². The molecule has 0 atom stereocenters. The van der Waals surface area contributed by atoms with Crippen LogP contribution in [0.5, 0.6) is 0 Å². The summed E-state index contributed by atoms with van der Waals surface area (Å²) >= 11 is 12.5. The fourth-order valence-electron chi connectivity index (χ4n) is 5.21. The Kier molecular flexibility index (Phi) is 8.19. The molecule has 10 nitrogen and oxygen atoms in total.